The first-order valence-corrected chi connectivity index (χ1v) is 5.14. The highest BCUT2D eigenvalue weighted by Crippen LogP contribution is 2.42. The number of hydrogen-bond donors (Lipinski definition) is 2. The predicted molar refractivity (Wildman–Crippen MR) is 55.2 cm³/mol. The molecule has 0 heterocycles. The molecular formula is C12H16O2. The van der Waals surface area contributed by atoms with Crippen LogP contribution in [-0.2, 0) is 5.60 Å². The van der Waals surface area contributed by atoms with Crippen molar-refractivity contribution in [2.75, 3.05) is 0 Å². The van der Waals surface area contributed by atoms with Crippen LogP contribution in [0.3, 0.4) is 0 Å². The van der Waals surface area contributed by atoms with Crippen LogP contribution in [0.2, 0.25) is 0 Å². The minimum absolute atomic E-state index is 0.231. The topological polar surface area (TPSA) is 40.5 Å². The summed E-state index contributed by atoms with van der Waals surface area (Å²) in [7, 11) is 0. The monoisotopic (exact) mass is 192 g/mol. The fraction of sp³-hybridized carbons (Fsp3) is 0.500. The maximum Gasteiger partial charge on any atom is 0.121 e. The lowest BCUT2D eigenvalue weighted by atomic mass is 9.91. The molecule has 1 aromatic rings. The van der Waals surface area contributed by atoms with Gasteiger partial charge >= 0.3 is 0 Å². The summed E-state index contributed by atoms with van der Waals surface area (Å²) in [6.45, 7) is 1.93. The van der Waals surface area contributed by atoms with Crippen LogP contribution >= 0.6 is 0 Å². The highest BCUT2D eigenvalue weighted by Gasteiger charge is 2.34. The average molecular weight is 192 g/mol. The molecule has 0 aliphatic heterocycles. The Morgan fingerprint density at radius 2 is 1.86 bits per heavy atom. The maximum absolute atomic E-state index is 10.3. The molecule has 0 unspecified atom stereocenters. The standard InChI is InChI=1S/C12H16O2/c1-9-4-5-10(11(13)8-9)12(14)6-2-3-7-12/h4-5,8,13-14H,2-3,6-7H2,1H3. The van der Waals surface area contributed by atoms with E-state index in [1.54, 1.807) is 6.07 Å². The summed E-state index contributed by atoms with van der Waals surface area (Å²) < 4.78 is 0. The predicted octanol–water partition coefficient (Wildman–Crippen LogP) is 2.46. The van der Waals surface area contributed by atoms with Gasteiger partial charge in [0, 0.05) is 5.56 Å². The molecule has 0 atom stereocenters. The lowest BCUT2D eigenvalue weighted by Crippen LogP contribution is -2.20. The fourth-order valence-corrected chi connectivity index (χ4v) is 2.26. The van der Waals surface area contributed by atoms with E-state index in [0.717, 1.165) is 31.2 Å². The van der Waals surface area contributed by atoms with Crippen LogP contribution in [0.5, 0.6) is 5.75 Å². The van der Waals surface area contributed by atoms with E-state index in [9.17, 15) is 10.2 Å². The van der Waals surface area contributed by atoms with Gasteiger partial charge in [-0.15, -0.1) is 0 Å². The fourth-order valence-electron chi connectivity index (χ4n) is 2.26. The quantitative estimate of drug-likeness (QED) is 0.717. The van der Waals surface area contributed by atoms with Gasteiger partial charge < -0.3 is 10.2 Å². The Kier molecular flexibility index (Phi) is 2.23. The summed E-state index contributed by atoms with van der Waals surface area (Å²) in [6, 6.07) is 5.49. The lowest BCUT2D eigenvalue weighted by molar-refractivity contribution is 0.0420. The zero-order valence-electron chi connectivity index (χ0n) is 8.45. The SMILES string of the molecule is Cc1ccc(C2(O)CCCC2)c(O)c1. The van der Waals surface area contributed by atoms with E-state index in [1.807, 2.05) is 19.1 Å². The third-order valence-corrected chi connectivity index (χ3v) is 3.09. The second kappa shape index (κ2) is 3.28. The average Bonchev–Trinajstić information content (AvgIpc) is 2.52. The molecule has 1 fully saturated rings. The Morgan fingerprint density at radius 3 is 2.43 bits per heavy atom. The Balaban J connectivity index is 2.40. The van der Waals surface area contributed by atoms with E-state index in [4.69, 9.17) is 0 Å². The molecule has 14 heavy (non-hydrogen) atoms. The third-order valence-electron chi connectivity index (χ3n) is 3.09. The van der Waals surface area contributed by atoms with Crippen LogP contribution in [0.25, 0.3) is 0 Å². The van der Waals surface area contributed by atoms with Crippen LogP contribution in [0, 0.1) is 6.92 Å². The number of aliphatic hydroxyl groups is 1. The van der Waals surface area contributed by atoms with Crippen LogP contribution in [0.1, 0.15) is 36.8 Å². The summed E-state index contributed by atoms with van der Waals surface area (Å²) in [4.78, 5) is 0. The van der Waals surface area contributed by atoms with E-state index in [2.05, 4.69) is 0 Å². The van der Waals surface area contributed by atoms with Gasteiger partial charge in [0.15, 0.2) is 0 Å². The van der Waals surface area contributed by atoms with Crippen molar-refractivity contribution in [2.24, 2.45) is 0 Å². The number of aromatic hydroxyl groups is 1. The van der Waals surface area contributed by atoms with Crippen molar-refractivity contribution in [3.63, 3.8) is 0 Å². The van der Waals surface area contributed by atoms with Crippen LogP contribution in [0.15, 0.2) is 18.2 Å². The van der Waals surface area contributed by atoms with E-state index >= 15 is 0 Å². The zero-order chi connectivity index (χ0) is 10.2. The normalized spacial score (nSPS) is 19.9. The molecule has 0 aromatic heterocycles. The second-order valence-electron chi connectivity index (χ2n) is 4.26. The molecule has 1 aromatic carbocycles. The molecule has 2 N–H and O–H groups in total. The number of phenolic OH excluding ortho intramolecular Hbond substituents is 1. The molecule has 2 rings (SSSR count). The van der Waals surface area contributed by atoms with E-state index in [-0.39, 0.29) is 5.75 Å². The molecule has 76 valence electrons. The van der Waals surface area contributed by atoms with Gasteiger partial charge in [0.1, 0.15) is 5.75 Å². The molecule has 1 aliphatic carbocycles. The summed E-state index contributed by atoms with van der Waals surface area (Å²) in [5.41, 5.74) is 0.936. The summed E-state index contributed by atoms with van der Waals surface area (Å²) in [5, 5.41) is 20.0. The van der Waals surface area contributed by atoms with Gasteiger partial charge in [-0.3, -0.25) is 0 Å². The summed E-state index contributed by atoms with van der Waals surface area (Å²) in [5.74, 6) is 0.231. The van der Waals surface area contributed by atoms with Gasteiger partial charge in [0.05, 0.1) is 5.60 Å². The first kappa shape index (κ1) is 9.53. The summed E-state index contributed by atoms with van der Waals surface area (Å²) in [6.07, 6.45) is 3.63. The van der Waals surface area contributed by atoms with E-state index < -0.39 is 5.60 Å². The largest absolute Gasteiger partial charge is 0.508 e. The van der Waals surface area contributed by atoms with Crippen LogP contribution in [0.4, 0.5) is 0 Å². The highest BCUT2D eigenvalue weighted by molar-refractivity contribution is 5.40. The first-order chi connectivity index (χ1) is 6.62. The van der Waals surface area contributed by atoms with Gasteiger partial charge in [-0.25, -0.2) is 0 Å². The number of benzene rings is 1. The number of hydrogen-bond acceptors (Lipinski definition) is 2. The number of aryl methyl sites for hydroxylation is 1. The molecule has 0 spiro atoms. The van der Waals surface area contributed by atoms with Crippen molar-refractivity contribution < 1.29 is 10.2 Å². The van der Waals surface area contributed by atoms with Crippen molar-refractivity contribution in [3.05, 3.63) is 29.3 Å². The van der Waals surface area contributed by atoms with E-state index in [0.29, 0.717) is 5.56 Å². The lowest BCUT2D eigenvalue weighted by Gasteiger charge is -2.23. The Labute approximate surface area is 84.2 Å². The second-order valence-corrected chi connectivity index (χ2v) is 4.26. The molecule has 0 amide bonds. The molecule has 0 bridgehead atoms. The molecule has 1 saturated carbocycles. The smallest absolute Gasteiger partial charge is 0.121 e. The molecule has 2 nitrogen and oxygen atoms in total. The van der Waals surface area contributed by atoms with Crippen LogP contribution in [-0.4, -0.2) is 10.2 Å². The molecule has 0 saturated heterocycles. The molecule has 2 heteroatoms. The van der Waals surface area contributed by atoms with Gasteiger partial charge in [-0.1, -0.05) is 25.0 Å². The van der Waals surface area contributed by atoms with Crippen molar-refractivity contribution in [3.8, 4) is 5.75 Å². The molecule has 0 radical (unpaired) electrons. The van der Waals surface area contributed by atoms with Gasteiger partial charge in [-0.05, 0) is 31.4 Å². The van der Waals surface area contributed by atoms with E-state index in [1.165, 1.54) is 0 Å². The Morgan fingerprint density at radius 1 is 1.21 bits per heavy atom. The van der Waals surface area contributed by atoms with Crippen molar-refractivity contribution >= 4 is 0 Å². The maximum atomic E-state index is 10.3. The summed E-state index contributed by atoms with van der Waals surface area (Å²) >= 11 is 0. The van der Waals surface area contributed by atoms with Gasteiger partial charge in [0.2, 0.25) is 0 Å². The van der Waals surface area contributed by atoms with Crippen molar-refractivity contribution in [1.29, 1.82) is 0 Å². The third kappa shape index (κ3) is 1.50. The number of rotatable bonds is 1. The molecular weight excluding hydrogens is 176 g/mol. The van der Waals surface area contributed by atoms with Gasteiger partial charge in [-0.2, -0.15) is 0 Å². The zero-order valence-corrected chi connectivity index (χ0v) is 8.45. The highest BCUT2D eigenvalue weighted by atomic mass is 16.3. The van der Waals surface area contributed by atoms with Gasteiger partial charge in [0.25, 0.3) is 0 Å². The Hall–Kier alpha value is -1.02. The van der Waals surface area contributed by atoms with Crippen molar-refractivity contribution in [2.45, 2.75) is 38.2 Å². The number of phenols is 1. The minimum Gasteiger partial charge on any atom is -0.508 e. The Bertz CT molecular complexity index is 338. The minimum atomic E-state index is -0.780. The van der Waals surface area contributed by atoms with Crippen molar-refractivity contribution in [1.82, 2.24) is 0 Å². The molecule has 1 aliphatic rings. The first-order valence-electron chi connectivity index (χ1n) is 5.14. The van der Waals surface area contributed by atoms with Crippen LogP contribution < -0.4 is 0 Å².